The molecule has 80 valence electrons. The van der Waals surface area contributed by atoms with Crippen molar-refractivity contribution in [2.45, 2.75) is 0 Å². The fourth-order valence-electron chi connectivity index (χ4n) is 1.10. The monoisotopic (exact) mass is 209 g/mol. The smallest absolute Gasteiger partial charge is 0.271 e. The quantitative estimate of drug-likeness (QED) is 0.444. The molecule has 1 aromatic rings. The molecule has 0 aliphatic heterocycles. The molecule has 0 fully saturated rings. The lowest BCUT2D eigenvalue weighted by molar-refractivity contribution is -0.384. The standard InChI is InChI=1S/C9H11N3O3/c1-11(2)9(13)7-4-3-6(12(14)15)5-8(7)10/h3-5H,10H2,1-2H3. The minimum Gasteiger partial charge on any atom is -0.398 e. The molecule has 0 aliphatic carbocycles. The number of nitro benzene ring substituents is 1. The van der Waals surface area contributed by atoms with Crippen molar-refractivity contribution in [3.63, 3.8) is 0 Å². The molecule has 1 rings (SSSR count). The van der Waals surface area contributed by atoms with Gasteiger partial charge in [-0.1, -0.05) is 0 Å². The number of nitrogen functional groups attached to an aromatic ring is 1. The number of carbonyl (C=O) groups excluding carboxylic acids is 1. The van der Waals surface area contributed by atoms with Crippen LogP contribution in [0.2, 0.25) is 0 Å². The van der Waals surface area contributed by atoms with Crippen LogP contribution in [-0.4, -0.2) is 29.8 Å². The highest BCUT2D eigenvalue weighted by Gasteiger charge is 2.15. The Morgan fingerprint density at radius 1 is 1.47 bits per heavy atom. The summed E-state index contributed by atoms with van der Waals surface area (Å²) in [6.45, 7) is 0. The summed E-state index contributed by atoms with van der Waals surface area (Å²) in [4.78, 5) is 22.7. The summed E-state index contributed by atoms with van der Waals surface area (Å²) in [5.41, 5.74) is 5.81. The van der Waals surface area contributed by atoms with Crippen LogP contribution in [0.25, 0.3) is 0 Å². The van der Waals surface area contributed by atoms with Gasteiger partial charge in [0.1, 0.15) is 0 Å². The number of nitro groups is 1. The fourth-order valence-corrected chi connectivity index (χ4v) is 1.10. The van der Waals surface area contributed by atoms with Crippen molar-refractivity contribution >= 4 is 17.3 Å². The van der Waals surface area contributed by atoms with Crippen molar-refractivity contribution in [2.24, 2.45) is 0 Å². The second kappa shape index (κ2) is 3.95. The van der Waals surface area contributed by atoms with Crippen LogP contribution in [0.3, 0.4) is 0 Å². The van der Waals surface area contributed by atoms with Gasteiger partial charge in [0.2, 0.25) is 0 Å². The summed E-state index contributed by atoms with van der Waals surface area (Å²) >= 11 is 0. The van der Waals surface area contributed by atoms with E-state index in [-0.39, 0.29) is 22.8 Å². The Bertz CT molecular complexity index is 415. The Morgan fingerprint density at radius 2 is 2.07 bits per heavy atom. The second-order valence-electron chi connectivity index (χ2n) is 3.23. The third kappa shape index (κ3) is 2.22. The number of benzene rings is 1. The van der Waals surface area contributed by atoms with E-state index in [0.717, 1.165) is 0 Å². The molecule has 6 nitrogen and oxygen atoms in total. The van der Waals surface area contributed by atoms with Gasteiger partial charge >= 0.3 is 0 Å². The maximum absolute atomic E-state index is 11.5. The van der Waals surface area contributed by atoms with E-state index >= 15 is 0 Å². The van der Waals surface area contributed by atoms with Crippen molar-refractivity contribution < 1.29 is 9.72 Å². The first kappa shape index (κ1) is 11.0. The molecule has 0 aromatic heterocycles. The lowest BCUT2D eigenvalue weighted by Crippen LogP contribution is -2.22. The Labute approximate surface area is 86.4 Å². The van der Waals surface area contributed by atoms with Crippen LogP contribution in [0.5, 0.6) is 0 Å². The van der Waals surface area contributed by atoms with Gasteiger partial charge in [0, 0.05) is 26.2 Å². The highest BCUT2D eigenvalue weighted by molar-refractivity contribution is 5.99. The number of rotatable bonds is 2. The molecule has 0 aliphatic rings. The minimum absolute atomic E-state index is 0.114. The predicted octanol–water partition coefficient (Wildman–Crippen LogP) is 0.879. The Balaban J connectivity index is 3.14. The number of carbonyl (C=O) groups is 1. The number of hydrogen-bond acceptors (Lipinski definition) is 4. The molecule has 0 bridgehead atoms. The average Bonchev–Trinajstić information content (AvgIpc) is 2.16. The van der Waals surface area contributed by atoms with Gasteiger partial charge in [-0.15, -0.1) is 0 Å². The van der Waals surface area contributed by atoms with Crippen LogP contribution in [0.15, 0.2) is 18.2 Å². The van der Waals surface area contributed by atoms with E-state index in [1.807, 2.05) is 0 Å². The van der Waals surface area contributed by atoms with E-state index < -0.39 is 4.92 Å². The highest BCUT2D eigenvalue weighted by Crippen LogP contribution is 2.20. The van der Waals surface area contributed by atoms with Crippen LogP contribution in [0, 0.1) is 10.1 Å². The van der Waals surface area contributed by atoms with Crippen LogP contribution in [0.1, 0.15) is 10.4 Å². The molecule has 15 heavy (non-hydrogen) atoms. The lowest BCUT2D eigenvalue weighted by Gasteiger charge is -2.11. The molecule has 2 N–H and O–H groups in total. The molecule has 0 unspecified atom stereocenters. The largest absolute Gasteiger partial charge is 0.398 e. The summed E-state index contributed by atoms with van der Waals surface area (Å²) in [6, 6.07) is 3.79. The topological polar surface area (TPSA) is 89.5 Å². The minimum atomic E-state index is -0.555. The van der Waals surface area contributed by atoms with Gasteiger partial charge in [-0.2, -0.15) is 0 Å². The molecule has 0 radical (unpaired) electrons. The lowest BCUT2D eigenvalue weighted by atomic mass is 10.1. The summed E-state index contributed by atoms with van der Waals surface area (Å²) in [7, 11) is 3.17. The van der Waals surface area contributed by atoms with Crippen LogP contribution >= 0.6 is 0 Å². The van der Waals surface area contributed by atoms with Gasteiger partial charge in [-0.3, -0.25) is 14.9 Å². The van der Waals surface area contributed by atoms with Gasteiger partial charge in [0.15, 0.2) is 0 Å². The van der Waals surface area contributed by atoms with Gasteiger partial charge in [-0.05, 0) is 6.07 Å². The van der Waals surface area contributed by atoms with E-state index in [2.05, 4.69) is 0 Å². The van der Waals surface area contributed by atoms with E-state index in [0.29, 0.717) is 0 Å². The number of nitrogens with two attached hydrogens (primary N) is 1. The van der Waals surface area contributed by atoms with Gasteiger partial charge in [0.05, 0.1) is 16.2 Å². The van der Waals surface area contributed by atoms with E-state index in [4.69, 9.17) is 5.73 Å². The maximum atomic E-state index is 11.5. The summed E-state index contributed by atoms with van der Waals surface area (Å²) in [5.74, 6) is -0.276. The van der Waals surface area contributed by atoms with Crippen molar-refractivity contribution in [3.05, 3.63) is 33.9 Å². The van der Waals surface area contributed by atoms with E-state index in [9.17, 15) is 14.9 Å². The average molecular weight is 209 g/mol. The first-order valence-electron chi connectivity index (χ1n) is 4.19. The zero-order valence-corrected chi connectivity index (χ0v) is 8.43. The highest BCUT2D eigenvalue weighted by atomic mass is 16.6. The second-order valence-corrected chi connectivity index (χ2v) is 3.23. The number of anilines is 1. The molecular formula is C9H11N3O3. The van der Waals surface area contributed by atoms with Crippen LogP contribution in [0.4, 0.5) is 11.4 Å². The van der Waals surface area contributed by atoms with Crippen molar-refractivity contribution in [1.82, 2.24) is 4.90 Å². The molecule has 6 heteroatoms. The molecule has 0 spiro atoms. The molecular weight excluding hydrogens is 198 g/mol. The number of non-ortho nitro benzene ring substituents is 1. The van der Waals surface area contributed by atoms with Crippen molar-refractivity contribution in [1.29, 1.82) is 0 Å². The first-order chi connectivity index (χ1) is 6.93. The maximum Gasteiger partial charge on any atom is 0.271 e. The Kier molecular flexibility index (Phi) is 2.89. The molecule has 1 aromatic carbocycles. The van der Waals surface area contributed by atoms with E-state index in [1.54, 1.807) is 14.1 Å². The van der Waals surface area contributed by atoms with Crippen LogP contribution in [-0.2, 0) is 0 Å². The van der Waals surface area contributed by atoms with Crippen molar-refractivity contribution in [2.75, 3.05) is 19.8 Å². The third-order valence-electron chi connectivity index (χ3n) is 1.88. The summed E-state index contributed by atoms with van der Waals surface area (Å²) in [6.07, 6.45) is 0. The fraction of sp³-hybridized carbons (Fsp3) is 0.222. The Hall–Kier alpha value is -2.11. The normalized spacial score (nSPS) is 9.73. The summed E-state index contributed by atoms with van der Waals surface area (Å²) < 4.78 is 0. The molecule has 0 saturated carbocycles. The predicted molar refractivity (Wildman–Crippen MR) is 55.5 cm³/mol. The SMILES string of the molecule is CN(C)C(=O)c1ccc([N+](=O)[O-])cc1N. The number of nitrogens with zero attached hydrogens (tertiary/aromatic N) is 2. The Morgan fingerprint density at radius 3 is 2.47 bits per heavy atom. The molecule has 1 amide bonds. The zero-order chi connectivity index (χ0) is 11.6. The number of hydrogen-bond donors (Lipinski definition) is 1. The van der Waals surface area contributed by atoms with Gasteiger partial charge in [-0.25, -0.2) is 0 Å². The van der Waals surface area contributed by atoms with Crippen LogP contribution < -0.4 is 5.73 Å². The molecule has 0 heterocycles. The number of amides is 1. The molecule has 0 atom stereocenters. The van der Waals surface area contributed by atoms with Gasteiger partial charge in [0.25, 0.3) is 11.6 Å². The third-order valence-corrected chi connectivity index (χ3v) is 1.88. The van der Waals surface area contributed by atoms with E-state index in [1.165, 1.54) is 23.1 Å². The van der Waals surface area contributed by atoms with Crippen molar-refractivity contribution in [3.8, 4) is 0 Å². The molecule has 0 saturated heterocycles. The zero-order valence-electron chi connectivity index (χ0n) is 8.43. The van der Waals surface area contributed by atoms with Gasteiger partial charge < -0.3 is 10.6 Å². The first-order valence-corrected chi connectivity index (χ1v) is 4.19. The summed E-state index contributed by atoms with van der Waals surface area (Å²) in [5, 5.41) is 10.4.